The Balaban J connectivity index is 2.07. The van der Waals surface area contributed by atoms with E-state index in [4.69, 9.17) is 11.6 Å². The van der Waals surface area contributed by atoms with Crippen LogP contribution in [-0.4, -0.2) is 23.4 Å². The van der Waals surface area contributed by atoms with Crippen molar-refractivity contribution in [1.29, 1.82) is 0 Å². The van der Waals surface area contributed by atoms with Crippen LogP contribution >= 0.6 is 27.5 Å². The van der Waals surface area contributed by atoms with Gasteiger partial charge in [0.15, 0.2) is 0 Å². The summed E-state index contributed by atoms with van der Waals surface area (Å²) >= 11 is 9.50. The van der Waals surface area contributed by atoms with E-state index in [1.54, 1.807) is 30.0 Å². The highest BCUT2D eigenvalue weighted by molar-refractivity contribution is 9.10. The second-order valence-electron chi connectivity index (χ2n) is 5.91. The van der Waals surface area contributed by atoms with Crippen molar-refractivity contribution in [2.75, 3.05) is 4.90 Å². The van der Waals surface area contributed by atoms with Crippen LogP contribution in [0.2, 0.25) is 5.02 Å². The molecule has 2 amide bonds. The van der Waals surface area contributed by atoms with Gasteiger partial charge in [0.2, 0.25) is 5.91 Å². The Morgan fingerprint density at radius 1 is 1.38 bits per heavy atom. The molecule has 1 aliphatic carbocycles. The number of carbonyl (C=O) groups excluding carboxylic acids is 2. The van der Waals surface area contributed by atoms with E-state index in [2.05, 4.69) is 21.2 Å². The van der Waals surface area contributed by atoms with E-state index in [0.717, 1.165) is 17.3 Å². The number of halogens is 2. The highest BCUT2D eigenvalue weighted by Crippen LogP contribution is 2.44. The Hall–Kier alpha value is -1.07. The van der Waals surface area contributed by atoms with Crippen molar-refractivity contribution in [1.82, 2.24) is 5.32 Å². The standard InChI is InChI=1S/C15H16BrClN2O2/c1-8-13(20)18-15(2,9-3-4-9)14(21)19(8)12-7-10(17)5-6-11(12)16/h5-9H,3-4H2,1-2H3,(H,18,20). The Bertz CT molecular complexity index is 632. The highest BCUT2D eigenvalue weighted by Gasteiger charge is 2.55. The molecule has 2 fully saturated rings. The Morgan fingerprint density at radius 2 is 2.05 bits per heavy atom. The predicted molar refractivity (Wildman–Crippen MR) is 85.4 cm³/mol. The summed E-state index contributed by atoms with van der Waals surface area (Å²) in [5.74, 6) is 0.0258. The van der Waals surface area contributed by atoms with E-state index in [1.165, 1.54) is 0 Å². The fourth-order valence-corrected chi connectivity index (χ4v) is 3.49. The largest absolute Gasteiger partial charge is 0.340 e. The minimum absolute atomic E-state index is 0.0694. The molecule has 2 unspecified atom stereocenters. The molecule has 6 heteroatoms. The topological polar surface area (TPSA) is 49.4 Å². The van der Waals surface area contributed by atoms with Crippen LogP contribution in [-0.2, 0) is 9.59 Å². The molecule has 2 atom stereocenters. The molecule has 0 radical (unpaired) electrons. The monoisotopic (exact) mass is 370 g/mol. The van der Waals surface area contributed by atoms with Gasteiger partial charge in [-0.2, -0.15) is 0 Å². The summed E-state index contributed by atoms with van der Waals surface area (Å²) in [5.41, 5.74) is -0.174. The third-order valence-corrected chi connectivity index (χ3v) is 5.28. The molecule has 112 valence electrons. The Morgan fingerprint density at radius 3 is 2.67 bits per heavy atom. The normalized spacial score (nSPS) is 29.5. The number of carbonyl (C=O) groups is 2. The van der Waals surface area contributed by atoms with Gasteiger partial charge in [-0.1, -0.05) is 11.6 Å². The quantitative estimate of drug-likeness (QED) is 0.868. The second-order valence-corrected chi connectivity index (χ2v) is 7.20. The van der Waals surface area contributed by atoms with E-state index in [0.29, 0.717) is 10.7 Å². The van der Waals surface area contributed by atoms with Crippen LogP contribution in [0.15, 0.2) is 22.7 Å². The van der Waals surface area contributed by atoms with Gasteiger partial charge in [0.1, 0.15) is 11.6 Å². The van der Waals surface area contributed by atoms with Crippen LogP contribution < -0.4 is 10.2 Å². The Kier molecular flexibility index (Phi) is 3.53. The summed E-state index contributed by atoms with van der Waals surface area (Å²) in [5, 5.41) is 3.44. The maximum Gasteiger partial charge on any atom is 0.253 e. The van der Waals surface area contributed by atoms with Crippen molar-refractivity contribution in [2.45, 2.75) is 38.3 Å². The number of hydrogen-bond acceptors (Lipinski definition) is 2. The Labute approximate surface area is 137 Å². The smallest absolute Gasteiger partial charge is 0.253 e. The van der Waals surface area contributed by atoms with Crippen molar-refractivity contribution in [3.05, 3.63) is 27.7 Å². The molecule has 2 aliphatic rings. The maximum absolute atomic E-state index is 13.0. The van der Waals surface area contributed by atoms with Gasteiger partial charge in [-0.3, -0.25) is 14.5 Å². The number of nitrogens with one attached hydrogen (secondary N) is 1. The van der Waals surface area contributed by atoms with Gasteiger partial charge < -0.3 is 5.32 Å². The molecule has 21 heavy (non-hydrogen) atoms. The van der Waals surface area contributed by atoms with Gasteiger partial charge >= 0.3 is 0 Å². The van der Waals surface area contributed by atoms with E-state index in [9.17, 15) is 9.59 Å². The van der Waals surface area contributed by atoms with Crippen molar-refractivity contribution in [3.63, 3.8) is 0 Å². The summed E-state index contributed by atoms with van der Waals surface area (Å²) in [6.45, 7) is 3.55. The third-order valence-electron chi connectivity index (χ3n) is 4.37. The molecule has 1 aliphatic heterocycles. The fraction of sp³-hybridized carbons (Fsp3) is 0.467. The molecule has 1 heterocycles. The van der Waals surface area contributed by atoms with Crippen molar-refractivity contribution in [2.24, 2.45) is 5.92 Å². The molecular formula is C15H16BrClN2O2. The second kappa shape index (κ2) is 4.99. The van der Waals surface area contributed by atoms with Crippen LogP contribution in [0.5, 0.6) is 0 Å². The van der Waals surface area contributed by atoms with Gasteiger partial charge in [0, 0.05) is 9.50 Å². The first-order valence-corrected chi connectivity index (χ1v) is 8.12. The van der Waals surface area contributed by atoms with E-state index < -0.39 is 11.6 Å². The number of nitrogens with zero attached hydrogens (tertiary/aromatic N) is 1. The van der Waals surface area contributed by atoms with Gasteiger partial charge in [-0.15, -0.1) is 0 Å². The molecule has 1 aromatic rings. The maximum atomic E-state index is 13.0. The summed E-state index contributed by atoms with van der Waals surface area (Å²) in [6, 6.07) is 4.69. The van der Waals surface area contributed by atoms with E-state index in [-0.39, 0.29) is 17.7 Å². The molecule has 3 rings (SSSR count). The van der Waals surface area contributed by atoms with Crippen LogP contribution in [0.3, 0.4) is 0 Å². The lowest BCUT2D eigenvalue weighted by atomic mass is 9.89. The summed E-state index contributed by atoms with van der Waals surface area (Å²) in [4.78, 5) is 26.9. The first-order valence-electron chi connectivity index (χ1n) is 6.95. The summed E-state index contributed by atoms with van der Waals surface area (Å²) in [7, 11) is 0. The molecule has 1 aromatic carbocycles. The average Bonchev–Trinajstić information content (AvgIpc) is 3.25. The predicted octanol–water partition coefficient (Wildman–Crippen LogP) is 3.12. The lowest BCUT2D eigenvalue weighted by molar-refractivity contribution is -0.138. The number of amides is 2. The molecule has 1 saturated carbocycles. The van der Waals surface area contributed by atoms with Crippen molar-refractivity contribution in [3.8, 4) is 0 Å². The number of anilines is 1. The van der Waals surface area contributed by atoms with Crippen LogP contribution in [0.4, 0.5) is 5.69 Å². The lowest BCUT2D eigenvalue weighted by Gasteiger charge is -2.43. The molecule has 4 nitrogen and oxygen atoms in total. The van der Waals surface area contributed by atoms with E-state index >= 15 is 0 Å². The number of hydrogen-bond donors (Lipinski definition) is 1. The van der Waals surface area contributed by atoms with Gasteiger partial charge in [-0.25, -0.2) is 0 Å². The lowest BCUT2D eigenvalue weighted by Crippen LogP contribution is -2.70. The van der Waals surface area contributed by atoms with Gasteiger partial charge in [-0.05, 0) is 66.7 Å². The number of piperazine rings is 1. The molecule has 1 N–H and O–H groups in total. The minimum Gasteiger partial charge on any atom is -0.340 e. The molecule has 0 aromatic heterocycles. The molecular weight excluding hydrogens is 356 g/mol. The fourth-order valence-electron chi connectivity index (χ4n) is 2.88. The van der Waals surface area contributed by atoms with Crippen LogP contribution in [0.25, 0.3) is 0 Å². The van der Waals surface area contributed by atoms with E-state index in [1.807, 2.05) is 6.92 Å². The highest BCUT2D eigenvalue weighted by atomic mass is 79.9. The molecule has 0 spiro atoms. The number of rotatable bonds is 2. The number of benzene rings is 1. The van der Waals surface area contributed by atoms with Gasteiger partial charge in [0.25, 0.3) is 5.91 Å². The SMILES string of the molecule is CC1C(=O)NC(C)(C2CC2)C(=O)N1c1cc(Cl)ccc1Br. The summed E-state index contributed by atoms with van der Waals surface area (Å²) < 4.78 is 0.750. The van der Waals surface area contributed by atoms with Crippen molar-refractivity contribution < 1.29 is 9.59 Å². The first-order chi connectivity index (χ1) is 9.84. The third kappa shape index (κ3) is 2.36. The zero-order valence-electron chi connectivity index (χ0n) is 11.8. The summed E-state index contributed by atoms with van der Waals surface area (Å²) in [6.07, 6.45) is 1.95. The minimum atomic E-state index is -0.814. The molecule has 0 bridgehead atoms. The zero-order chi connectivity index (χ0) is 15.4. The van der Waals surface area contributed by atoms with Crippen LogP contribution in [0.1, 0.15) is 26.7 Å². The van der Waals surface area contributed by atoms with Gasteiger partial charge in [0.05, 0.1) is 5.69 Å². The van der Waals surface area contributed by atoms with Crippen LogP contribution in [0, 0.1) is 5.92 Å². The average molecular weight is 372 g/mol. The first kappa shape index (κ1) is 14.9. The molecule has 1 saturated heterocycles. The van der Waals surface area contributed by atoms with Crippen molar-refractivity contribution >= 4 is 45.0 Å². The zero-order valence-corrected chi connectivity index (χ0v) is 14.2.